The molecule has 1 fully saturated rings. The summed E-state index contributed by atoms with van der Waals surface area (Å²) < 4.78 is 33.0. The third-order valence-corrected chi connectivity index (χ3v) is 5.65. The Morgan fingerprint density at radius 1 is 0.931 bits per heavy atom. The summed E-state index contributed by atoms with van der Waals surface area (Å²) in [5.74, 6) is 2.69. The van der Waals surface area contributed by atoms with E-state index < -0.39 is 6.04 Å². The van der Waals surface area contributed by atoms with Crippen molar-refractivity contribution in [3.8, 4) is 28.7 Å². The molecule has 3 aliphatic heterocycles. The number of methoxy groups -OCH3 is 3. The van der Waals surface area contributed by atoms with Gasteiger partial charge in [0.05, 0.1) is 27.9 Å². The molecule has 0 aliphatic carbocycles. The molecular weight excluding hydrogens is 378 g/mol. The average molecular weight is 399 g/mol. The molecule has 2 aromatic rings. The van der Waals surface area contributed by atoms with Crippen LogP contribution in [0.1, 0.15) is 5.56 Å². The van der Waals surface area contributed by atoms with Crippen LogP contribution < -0.4 is 28.6 Å². The summed E-state index contributed by atoms with van der Waals surface area (Å²) in [5.41, 5.74) is 2.69. The van der Waals surface area contributed by atoms with E-state index in [2.05, 4.69) is 0 Å². The molecule has 3 aliphatic rings. The number of hydrogen-bond donors (Lipinski definition) is 0. The van der Waals surface area contributed by atoms with Crippen LogP contribution in [0, 0.1) is 5.92 Å². The van der Waals surface area contributed by atoms with E-state index in [1.807, 2.05) is 29.2 Å². The molecule has 0 bridgehead atoms. The quantitative estimate of drug-likeness (QED) is 0.727. The summed E-state index contributed by atoms with van der Waals surface area (Å²) in [6, 6.07) is 7.14. The van der Waals surface area contributed by atoms with Crippen molar-refractivity contribution in [2.75, 3.05) is 39.6 Å². The first-order valence-corrected chi connectivity index (χ1v) is 9.33. The first-order chi connectivity index (χ1) is 14.1. The lowest BCUT2D eigenvalue weighted by atomic mass is 9.86. The first kappa shape index (κ1) is 17.8. The van der Waals surface area contributed by atoms with E-state index in [9.17, 15) is 4.79 Å². The van der Waals surface area contributed by atoms with E-state index in [1.54, 1.807) is 21.3 Å². The van der Waals surface area contributed by atoms with Crippen LogP contribution in [0.4, 0.5) is 11.4 Å². The Morgan fingerprint density at radius 2 is 1.62 bits per heavy atom. The van der Waals surface area contributed by atoms with Gasteiger partial charge in [0.25, 0.3) is 0 Å². The van der Waals surface area contributed by atoms with Gasteiger partial charge in [-0.05, 0) is 18.1 Å². The van der Waals surface area contributed by atoms with Crippen molar-refractivity contribution in [3.05, 3.63) is 29.8 Å². The van der Waals surface area contributed by atoms with Gasteiger partial charge >= 0.3 is 5.97 Å². The highest BCUT2D eigenvalue weighted by Crippen LogP contribution is 2.50. The molecule has 0 radical (unpaired) electrons. The fraction of sp³-hybridized carbons (Fsp3) is 0.381. The fourth-order valence-electron chi connectivity index (χ4n) is 4.34. The second kappa shape index (κ2) is 6.65. The number of carbonyl (C=O) groups is 1. The van der Waals surface area contributed by atoms with Crippen molar-refractivity contribution in [3.63, 3.8) is 0 Å². The lowest BCUT2D eigenvalue weighted by Gasteiger charge is -2.38. The molecule has 1 saturated heterocycles. The zero-order valence-corrected chi connectivity index (χ0v) is 16.4. The lowest BCUT2D eigenvalue weighted by molar-refractivity contribution is -0.138. The zero-order chi connectivity index (χ0) is 20.1. The highest BCUT2D eigenvalue weighted by molar-refractivity contribution is 5.89. The van der Waals surface area contributed by atoms with Crippen molar-refractivity contribution < 1.29 is 33.2 Å². The second-order valence-electron chi connectivity index (χ2n) is 7.13. The van der Waals surface area contributed by atoms with E-state index in [-0.39, 0.29) is 18.7 Å². The normalized spacial score (nSPS) is 21.3. The third-order valence-electron chi connectivity index (χ3n) is 5.65. The monoisotopic (exact) mass is 399 g/mol. The molecule has 8 heteroatoms. The van der Waals surface area contributed by atoms with Gasteiger partial charge in [0, 0.05) is 35.5 Å². The molecule has 0 aromatic heterocycles. The Morgan fingerprint density at radius 3 is 2.28 bits per heavy atom. The summed E-state index contributed by atoms with van der Waals surface area (Å²) in [6.45, 7) is 0.579. The highest BCUT2D eigenvalue weighted by atomic mass is 16.7. The number of carbonyl (C=O) groups excluding carboxylic acids is 1. The van der Waals surface area contributed by atoms with E-state index in [4.69, 9.17) is 28.4 Å². The van der Waals surface area contributed by atoms with Gasteiger partial charge in [-0.25, -0.2) is 4.79 Å². The van der Waals surface area contributed by atoms with Crippen LogP contribution in [0.25, 0.3) is 0 Å². The molecule has 0 N–H and O–H groups in total. The van der Waals surface area contributed by atoms with Crippen LogP contribution in [0.5, 0.6) is 28.7 Å². The predicted molar refractivity (Wildman–Crippen MR) is 103 cm³/mol. The van der Waals surface area contributed by atoms with Crippen LogP contribution in [-0.2, 0) is 16.0 Å². The predicted octanol–water partition coefficient (Wildman–Crippen LogP) is 2.68. The minimum atomic E-state index is -0.439. The van der Waals surface area contributed by atoms with Crippen molar-refractivity contribution in [1.29, 1.82) is 0 Å². The fourth-order valence-corrected chi connectivity index (χ4v) is 4.34. The Hall–Kier alpha value is -3.29. The van der Waals surface area contributed by atoms with Crippen molar-refractivity contribution in [1.82, 2.24) is 0 Å². The summed E-state index contributed by atoms with van der Waals surface area (Å²) >= 11 is 0. The number of esters is 1. The number of anilines is 2. The number of benzene rings is 2. The van der Waals surface area contributed by atoms with Crippen LogP contribution in [0.15, 0.2) is 24.3 Å². The number of cyclic esters (lactones) is 1. The standard InChI is InChI=1S/C21H21NO7/c1-24-17-6-13(7-18(25-2)20(17)26-3)22-14-8-16-15(28-10-29-16)5-11(14)4-12-9-27-21(23)19(12)22/h5-8,12,19H,4,9-10H2,1-3H3/t12-,19?/m0/s1. The maximum absolute atomic E-state index is 12.7. The number of rotatable bonds is 4. The molecule has 8 nitrogen and oxygen atoms in total. The number of hydrogen-bond acceptors (Lipinski definition) is 8. The van der Waals surface area contributed by atoms with Crippen molar-refractivity contribution in [2.24, 2.45) is 5.92 Å². The maximum atomic E-state index is 12.7. The van der Waals surface area contributed by atoms with Gasteiger partial charge in [-0.15, -0.1) is 0 Å². The average Bonchev–Trinajstić information content (AvgIpc) is 3.35. The minimum absolute atomic E-state index is 0.0365. The molecule has 5 rings (SSSR count). The van der Waals surface area contributed by atoms with Gasteiger partial charge in [0.1, 0.15) is 6.04 Å². The molecule has 0 saturated carbocycles. The summed E-state index contributed by atoms with van der Waals surface area (Å²) in [6.07, 6.45) is 0.726. The van der Waals surface area contributed by atoms with Crippen LogP contribution >= 0.6 is 0 Å². The largest absolute Gasteiger partial charge is 0.493 e. The van der Waals surface area contributed by atoms with Crippen LogP contribution in [-0.4, -0.2) is 46.7 Å². The van der Waals surface area contributed by atoms with E-state index in [1.165, 1.54) is 0 Å². The van der Waals surface area contributed by atoms with E-state index in [0.717, 1.165) is 29.1 Å². The molecule has 1 unspecified atom stereocenters. The van der Waals surface area contributed by atoms with Gasteiger partial charge in [-0.3, -0.25) is 0 Å². The third kappa shape index (κ3) is 2.62. The van der Waals surface area contributed by atoms with Gasteiger partial charge in [0.15, 0.2) is 23.0 Å². The number of nitrogens with zero attached hydrogens (tertiary/aromatic N) is 1. The first-order valence-electron chi connectivity index (χ1n) is 9.33. The molecule has 3 heterocycles. The maximum Gasteiger partial charge on any atom is 0.329 e. The molecule has 2 aromatic carbocycles. The molecular formula is C21H21NO7. The van der Waals surface area contributed by atoms with Crippen LogP contribution in [0.2, 0.25) is 0 Å². The molecule has 0 amide bonds. The highest BCUT2D eigenvalue weighted by Gasteiger charge is 2.46. The summed E-state index contributed by atoms with van der Waals surface area (Å²) in [5, 5.41) is 0. The number of fused-ring (bicyclic) bond motifs is 3. The molecule has 0 spiro atoms. The van der Waals surface area contributed by atoms with Gasteiger partial charge < -0.3 is 33.3 Å². The number of ether oxygens (including phenoxy) is 6. The molecule has 29 heavy (non-hydrogen) atoms. The lowest BCUT2D eigenvalue weighted by Crippen LogP contribution is -2.44. The van der Waals surface area contributed by atoms with E-state index in [0.29, 0.717) is 29.6 Å². The van der Waals surface area contributed by atoms with Crippen molar-refractivity contribution >= 4 is 17.3 Å². The van der Waals surface area contributed by atoms with Gasteiger partial charge in [-0.1, -0.05) is 0 Å². The van der Waals surface area contributed by atoms with Crippen LogP contribution in [0.3, 0.4) is 0 Å². The summed E-state index contributed by atoms with van der Waals surface area (Å²) in [4.78, 5) is 14.6. The second-order valence-corrected chi connectivity index (χ2v) is 7.13. The molecule has 2 atom stereocenters. The smallest absolute Gasteiger partial charge is 0.329 e. The van der Waals surface area contributed by atoms with E-state index >= 15 is 0 Å². The Labute approximate surface area is 167 Å². The SMILES string of the molecule is COc1cc(N2c3cc4c(cc3C[C@H]3COC(=O)C32)OCO4)cc(OC)c1OC. The zero-order valence-electron chi connectivity index (χ0n) is 16.4. The summed E-state index contributed by atoms with van der Waals surface area (Å²) in [7, 11) is 4.69. The minimum Gasteiger partial charge on any atom is -0.493 e. The molecule has 152 valence electrons. The van der Waals surface area contributed by atoms with Gasteiger partial charge in [-0.2, -0.15) is 0 Å². The Balaban J connectivity index is 1.71. The topological polar surface area (TPSA) is 75.7 Å². The Bertz CT molecular complexity index is 964. The Kier molecular flexibility index (Phi) is 4.08. The van der Waals surface area contributed by atoms with Crippen molar-refractivity contribution in [2.45, 2.75) is 12.5 Å². The van der Waals surface area contributed by atoms with Gasteiger partial charge in [0.2, 0.25) is 12.5 Å².